The van der Waals surface area contributed by atoms with Gasteiger partial charge in [0, 0.05) is 12.2 Å². The molecule has 1 aliphatic rings. The van der Waals surface area contributed by atoms with Crippen LogP contribution >= 0.6 is 12.6 Å². The lowest BCUT2D eigenvalue weighted by Crippen LogP contribution is -2.30. The van der Waals surface area contributed by atoms with Crippen molar-refractivity contribution in [3.8, 4) is 11.1 Å². The van der Waals surface area contributed by atoms with Crippen molar-refractivity contribution in [2.45, 2.75) is 18.6 Å². The second-order valence-corrected chi connectivity index (χ2v) is 10.9. The van der Waals surface area contributed by atoms with Crippen molar-refractivity contribution in [3.05, 3.63) is 167 Å². The molecule has 5 aromatic carbocycles. The molecule has 6 rings (SSSR count). The Morgan fingerprint density at radius 2 is 1.29 bits per heavy atom. The van der Waals surface area contributed by atoms with Crippen LogP contribution in [0.5, 0.6) is 0 Å². The highest BCUT2D eigenvalue weighted by Gasteiger charge is 2.30. The van der Waals surface area contributed by atoms with Gasteiger partial charge in [-0.05, 0) is 68.6 Å². The van der Waals surface area contributed by atoms with E-state index in [0.29, 0.717) is 0 Å². The van der Waals surface area contributed by atoms with E-state index in [2.05, 4.69) is 163 Å². The molecule has 2 unspecified atom stereocenters. The monoisotopic (exact) mass is 551 g/mol. The number of thiol groups is 1. The summed E-state index contributed by atoms with van der Waals surface area (Å²) < 4.78 is 0. The minimum absolute atomic E-state index is 0.0616. The molecule has 0 saturated carbocycles. The fraction of sp³-hybridized carbons (Fsp3) is 0.0811. The molecule has 3 nitrogen and oxygen atoms in total. The predicted octanol–water partition coefficient (Wildman–Crippen LogP) is 9.74. The van der Waals surface area contributed by atoms with Gasteiger partial charge in [-0.3, -0.25) is 0 Å². The Morgan fingerprint density at radius 3 is 2.00 bits per heavy atom. The highest BCUT2D eigenvalue weighted by Crippen LogP contribution is 2.42. The van der Waals surface area contributed by atoms with Crippen LogP contribution in [0.1, 0.15) is 34.3 Å². The molecule has 0 radical (unpaired) electrons. The van der Waals surface area contributed by atoms with Gasteiger partial charge in [-0.25, -0.2) is 0 Å². The third-order valence-corrected chi connectivity index (χ3v) is 7.60. The molecule has 0 saturated heterocycles. The lowest BCUT2D eigenvalue weighted by molar-refractivity contribution is 0.636. The van der Waals surface area contributed by atoms with Gasteiger partial charge in [-0.15, -0.1) is 12.6 Å². The molecule has 1 heterocycles. The summed E-state index contributed by atoms with van der Waals surface area (Å²) in [6.45, 7) is 4.64. The second kappa shape index (κ2) is 12.2. The molecule has 1 aliphatic heterocycles. The maximum absolute atomic E-state index is 4.35. The predicted molar refractivity (Wildman–Crippen MR) is 178 cm³/mol. The third kappa shape index (κ3) is 6.24. The molecule has 0 aromatic heterocycles. The third-order valence-electron chi connectivity index (χ3n) is 7.45. The largest absolute Gasteiger partial charge is 0.380 e. The molecular weight excluding hydrogens is 518 g/mol. The van der Waals surface area contributed by atoms with Gasteiger partial charge >= 0.3 is 0 Å². The Morgan fingerprint density at radius 1 is 0.683 bits per heavy atom. The van der Waals surface area contributed by atoms with Crippen LogP contribution in [0.25, 0.3) is 17.2 Å². The molecule has 0 spiro atoms. The number of hydrogen-bond acceptors (Lipinski definition) is 4. The summed E-state index contributed by atoms with van der Waals surface area (Å²) in [7, 11) is 0. The summed E-state index contributed by atoms with van der Waals surface area (Å²) in [5.41, 5.74) is 10.4. The zero-order valence-corrected chi connectivity index (χ0v) is 23.7. The molecule has 202 valence electrons. The van der Waals surface area contributed by atoms with Crippen molar-refractivity contribution in [2.75, 3.05) is 16.0 Å². The maximum Gasteiger partial charge on any atom is 0.0758 e. The minimum Gasteiger partial charge on any atom is -0.380 e. The molecule has 3 N–H and O–H groups in total. The average Bonchev–Trinajstić information content (AvgIpc) is 3.03. The van der Waals surface area contributed by atoms with Gasteiger partial charge in [0.1, 0.15) is 0 Å². The van der Waals surface area contributed by atoms with E-state index in [1.165, 1.54) is 22.3 Å². The fourth-order valence-electron chi connectivity index (χ4n) is 5.37. The average molecular weight is 552 g/mol. The van der Waals surface area contributed by atoms with Crippen LogP contribution in [0.2, 0.25) is 0 Å². The number of nitrogens with one attached hydrogen (secondary N) is 3. The molecule has 0 amide bonds. The van der Waals surface area contributed by atoms with Crippen molar-refractivity contribution >= 4 is 35.8 Å². The first-order chi connectivity index (χ1) is 20.1. The van der Waals surface area contributed by atoms with Gasteiger partial charge in [-0.1, -0.05) is 116 Å². The van der Waals surface area contributed by atoms with Crippen molar-refractivity contribution in [1.29, 1.82) is 0 Å². The fourth-order valence-corrected chi connectivity index (χ4v) is 5.45. The topological polar surface area (TPSA) is 36.1 Å². The van der Waals surface area contributed by atoms with Gasteiger partial charge < -0.3 is 16.0 Å². The molecule has 2 atom stereocenters. The van der Waals surface area contributed by atoms with Crippen LogP contribution in [-0.2, 0) is 6.54 Å². The summed E-state index contributed by atoms with van der Waals surface area (Å²) in [5, 5.41) is 11.3. The van der Waals surface area contributed by atoms with Gasteiger partial charge in [0.15, 0.2) is 0 Å². The summed E-state index contributed by atoms with van der Waals surface area (Å²) in [5.74, 6) is 0. The van der Waals surface area contributed by atoms with E-state index >= 15 is 0 Å². The number of hydrogen-bond donors (Lipinski definition) is 4. The van der Waals surface area contributed by atoms with Gasteiger partial charge in [-0.2, -0.15) is 0 Å². The number of benzene rings is 5. The van der Waals surface area contributed by atoms with Crippen LogP contribution in [0.3, 0.4) is 0 Å². The van der Waals surface area contributed by atoms with E-state index in [-0.39, 0.29) is 12.1 Å². The maximum atomic E-state index is 4.35. The van der Waals surface area contributed by atoms with Crippen LogP contribution < -0.4 is 16.0 Å². The summed E-state index contributed by atoms with van der Waals surface area (Å²) in [6, 6.07) is 45.1. The number of allylic oxidation sites excluding steroid dienone is 1. The highest BCUT2D eigenvalue weighted by atomic mass is 32.1. The number of para-hydroxylation sites is 2. The number of anilines is 3. The van der Waals surface area contributed by atoms with E-state index in [1.54, 1.807) is 0 Å². The first kappa shape index (κ1) is 26.5. The second-order valence-electron chi connectivity index (χ2n) is 10.3. The SMILES string of the molecule is C=C(S)/C=C\c1ccc(-c2cccc(C3Nc4ccccc4NC3c3ccccc3)c2)cc1NCc1ccccc1. The van der Waals surface area contributed by atoms with E-state index < -0.39 is 0 Å². The first-order valence-corrected chi connectivity index (χ1v) is 14.3. The van der Waals surface area contributed by atoms with Crippen LogP contribution in [0, 0.1) is 0 Å². The normalized spacial score (nSPS) is 15.9. The lowest BCUT2D eigenvalue weighted by Gasteiger charge is -2.37. The Kier molecular flexibility index (Phi) is 7.92. The molecule has 0 fully saturated rings. The smallest absolute Gasteiger partial charge is 0.0758 e. The van der Waals surface area contributed by atoms with E-state index in [4.69, 9.17) is 0 Å². The summed E-state index contributed by atoms with van der Waals surface area (Å²) >= 11 is 4.35. The highest BCUT2D eigenvalue weighted by molar-refractivity contribution is 7.84. The number of fused-ring (bicyclic) bond motifs is 1. The van der Waals surface area contributed by atoms with E-state index in [1.807, 2.05) is 12.1 Å². The first-order valence-electron chi connectivity index (χ1n) is 13.9. The molecular formula is C37H33N3S. The quantitative estimate of drug-likeness (QED) is 0.115. The summed E-state index contributed by atoms with van der Waals surface area (Å²) in [6.07, 6.45) is 3.98. The zero-order valence-electron chi connectivity index (χ0n) is 22.8. The Hall–Kier alpha value is -4.67. The number of rotatable bonds is 8. The molecule has 41 heavy (non-hydrogen) atoms. The van der Waals surface area contributed by atoms with Crippen LogP contribution in [0.15, 0.2) is 145 Å². The van der Waals surface area contributed by atoms with Gasteiger partial charge in [0.05, 0.1) is 23.5 Å². The molecule has 0 aliphatic carbocycles. The van der Waals surface area contributed by atoms with Crippen LogP contribution in [0.4, 0.5) is 17.1 Å². The molecule has 4 heteroatoms. The van der Waals surface area contributed by atoms with Crippen molar-refractivity contribution in [2.24, 2.45) is 0 Å². The van der Waals surface area contributed by atoms with Gasteiger partial charge in [0.25, 0.3) is 0 Å². The van der Waals surface area contributed by atoms with E-state index in [0.717, 1.165) is 39.6 Å². The minimum atomic E-state index is 0.0616. The van der Waals surface area contributed by atoms with E-state index in [9.17, 15) is 0 Å². The van der Waals surface area contributed by atoms with Crippen molar-refractivity contribution < 1.29 is 0 Å². The zero-order chi connectivity index (χ0) is 28.0. The van der Waals surface area contributed by atoms with Crippen molar-refractivity contribution in [1.82, 2.24) is 0 Å². The Labute approximate surface area is 248 Å². The molecule has 5 aromatic rings. The summed E-state index contributed by atoms with van der Waals surface area (Å²) in [4.78, 5) is 0.721. The van der Waals surface area contributed by atoms with Crippen molar-refractivity contribution in [3.63, 3.8) is 0 Å². The Bertz CT molecular complexity index is 1680. The molecule has 0 bridgehead atoms. The standard InChI is InChI=1S/C37H33N3S/c1-26(41)19-20-28-21-22-31(24-35(28)38-25-27-11-4-2-5-12-27)30-15-10-16-32(23-30)37-36(29-13-6-3-7-14-29)39-33-17-8-9-18-34(33)40-37/h2-24,36-41H,1,25H2/b20-19-. The Balaban J connectivity index is 1.35. The lowest BCUT2D eigenvalue weighted by atomic mass is 9.89. The van der Waals surface area contributed by atoms with Crippen LogP contribution in [-0.4, -0.2) is 0 Å². The van der Waals surface area contributed by atoms with Gasteiger partial charge in [0.2, 0.25) is 0 Å².